The smallest absolute Gasteiger partial charge is 0.144 e. The Hall–Kier alpha value is -5.78. The molecule has 0 aliphatic heterocycles. The van der Waals surface area contributed by atoms with Crippen molar-refractivity contribution in [2.45, 2.75) is 108 Å². The zero-order chi connectivity index (χ0) is 49.6. The molecule has 6 heteroatoms. The molecule has 5 aromatic carbocycles. The molecule has 9 rings (SSSR count). The van der Waals surface area contributed by atoms with Gasteiger partial charge in [-0.3, -0.25) is 15.0 Å². The predicted octanol–water partition coefficient (Wildman–Crippen LogP) is 17.4. The summed E-state index contributed by atoms with van der Waals surface area (Å²) in [6.45, 7) is 29.8. The van der Waals surface area contributed by atoms with Gasteiger partial charge >= 0.3 is 0 Å². The van der Waals surface area contributed by atoms with E-state index in [1.165, 1.54) is 49.7 Å². The Balaban J connectivity index is 0.000000181. The van der Waals surface area contributed by atoms with Crippen LogP contribution in [0.1, 0.15) is 84.6 Å². The standard InChI is InChI=1S/C29H27NO.C19H27NSi.C16H19N.Ir/c1-19-8-10-21(11-9-19)22-12-13-23-24-6-5-7-25(28(24)31-27(23)17-22)26-16-20(14-15-30-26)18-29(2,3)4;1-19(2,3)13-16-12-17(15-10-8-7-9-11-15)20-14-18(16)21(4,5)6;1-16(2,3)12-13-9-10-17-15(11-13)14-7-5-4-6-8-14;/h5-17H,18H2,1-4H3;7-12,14H,13H2,1-6H3;4-11H,12H2,1-3H3;. The Morgan fingerprint density at radius 2 is 0.971 bits per heavy atom. The zero-order valence-electron chi connectivity index (χ0n) is 43.9. The van der Waals surface area contributed by atoms with Crippen molar-refractivity contribution in [3.63, 3.8) is 0 Å². The van der Waals surface area contributed by atoms with Gasteiger partial charge in [-0.05, 0) is 124 Å². The van der Waals surface area contributed by atoms with E-state index in [9.17, 15) is 0 Å². The summed E-state index contributed by atoms with van der Waals surface area (Å²) in [6.07, 6.45) is 9.15. The first-order valence-electron chi connectivity index (χ1n) is 24.6. The summed E-state index contributed by atoms with van der Waals surface area (Å²) in [5.41, 5.74) is 17.0. The van der Waals surface area contributed by atoms with Crippen LogP contribution in [-0.2, 0) is 39.4 Å². The molecule has 0 aliphatic carbocycles. The van der Waals surface area contributed by atoms with Crippen molar-refractivity contribution in [2.75, 3.05) is 0 Å². The second kappa shape index (κ2) is 22.5. The third-order valence-corrected chi connectivity index (χ3v) is 14.0. The van der Waals surface area contributed by atoms with E-state index in [0.29, 0.717) is 10.8 Å². The van der Waals surface area contributed by atoms with E-state index in [4.69, 9.17) is 9.40 Å². The van der Waals surface area contributed by atoms with E-state index in [0.717, 1.165) is 63.8 Å². The number of hydrogen-bond acceptors (Lipinski definition) is 4. The molecular weight excluding hydrogens is 1050 g/mol. The Kier molecular flexibility index (Phi) is 17.2. The van der Waals surface area contributed by atoms with Crippen LogP contribution in [-0.4, -0.2) is 23.0 Å². The van der Waals surface area contributed by atoms with Crippen LogP contribution in [0.4, 0.5) is 0 Å². The molecule has 0 fully saturated rings. The topological polar surface area (TPSA) is 51.8 Å². The van der Waals surface area contributed by atoms with E-state index < -0.39 is 8.07 Å². The minimum absolute atomic E-state index is 0. The van der Waals surface area contributed by atoms with Crippen LogP contribution in [0.25, 0.3) is 66.8 Å². The first kappa shape index (κ1) is 53.6. The Bertz CT molecular complexity index is 3110. The van der Waals surface area contributed by atoms with Gasteiger partial charge in [0.2, 0.25) is 0 Å². The van der Waals surface area contributed by atoms with Crippen molar-refractivity contribution in [3.8, 4) is 44.9 Å². The molecule has 0 saturated heterocycles. The van der Waals surface area contributed by atoms with Crippen LogP contribution in [0.3, 0.4) is 0 Å². The average molecular weight is 1120 g/mol. The van der Waals surface area contributed by atoms with Crippen LogP contribution >= 0.6 is 0 Å². The second-order valence-electron chi connectivity index (χ2n) is 23.4. The minimum atomic E-state index is -1.36. The fourth-order valence-electron chi connectivity index (χ4n) is 8.89. The minimum Gasteiger partial charge on any atom is -0.455 e. The molecular formula is C64H73IrN3OSi. The summed E-state index contributed by atoms with van der Waals surface area (Å²) in [6, 6.07) is 53.2. The first-order chi connectivity index (χ1) is 32.6. The number of fused-ring (bicyclic) bond motifs is 3. The Morgan fingerprint density at radius 3 is 1.51 bits per heavy atom. The molecule has 0 unspecified atom stereocenters. The number of benzene rings is 5. The number of aryl methyl sites for hydroxylation is 1. The van der Waals surface area contributed by atoms with Gasteiger partial charge in [-0.1, -0.05) is 191 Å². The van der Waals surface area contributed by atoms with Gasteiger partial charge < -0.3 is 4.42 Å². The summed E-state index contributed by atoms with van der Waals surface area (Å²) in [5, 5.41) is 3.77. The van der Waals surface area contributed by atoms with E-state index in [-0.39, 0.29) is 25.5 Å². The molecule has 4 nitrogen and oxygen atoms in total. The number of aromatic nitrogens is 3. The Labute approximate surface area is 433 Å². The van der Waals surface area contributed by atoms with Crippen molar-refractivity contribution in [1.82, 2.24) is 15.0 Å². The van der Waals surface area contributed by atoms with Gasteiger partial charge in [0.25, 0.3) is 0 Å². The van der Waals surface area contributed by atoms with Crippen molar-refractivity contribution in [1.29, 1.82) is 0 Å². The molecule has 0 saturated carbocycles. The van der Waals surface area contributed by atoms with Crippen molar-refractivity contribution >= 4 is 35.2 Å². The summed E-state index contributed by atoms with van der Waals surface area (Å²) < 4.78 is 6.42. The van der Waals surface area contributed by atoms with E-state index in [2.05, 4.69) is 239 Å². The first-order valence-corrected chi connectivity index (χ1v) is 28.1. The van der Waals surface area contributed by atoms with Crippen molar-refractivity contribution in [3.05, 3.63) is 193 Å². The average Bonchev–Trinajstić information content (AvgIpc) is 3.67. The number of pyridine rings is 3. The molecule has 0 atom stereocenters. The monoisotopic (exact) mass is 1120 g/mol. The van der Waals surface area contributed by atoms with Crippen LogP contribution < -0.4 is 5.19 Å². The van der Waals surface area contributed by atoms with Crippen LogP contribution in [0.15, 0.2) is 175 Å². The van der Waals surface area contributed by atoms with Crippen LogP contribution in [0, 0.1) is 23.2 Å². The maximum atomic E-state index is 6.42. The SMILES string of the molecule is CC(C)(C)Cc1cc(-c2ccccc2)ncc1[Si](C)(C)C.CC(C)(C)Cc1ccnc(-c2ccccc2)c1.Cc1ccc(-c2ccc3c(c2)oc2c(-c4cc(CC(C)(C)C)ccn4)cccc23)cc1.[Ir]. The summed E-state index contributed by atoms with van der Waals surface area (Å²) in [7, 11) is -1.36. The van der Waals surface area contributed by atoms with Crippen molar-refractivity contribution in [2.24, 2.45) is 16.2 Å². The van der Waals surface area contributed by atoms with Gasteiger partial charge in [-0.25, -0.2) is 0 Å². The molecule has 0 amide bonds. The molecule has 4 aromatic heterocycles. The molecule has 1 radical (unpaired) electrons. The molecule has 0 N–H and O–H groups in total. The third-order valence-electron chi connectivity index (χ3n) is 11.9. The summed E-state index contributed by atoms with van der Waals surface area (Å²) in [5.74, 6) is 0. The van der Waals surface area contributed by atoms with E-state index in [1.807, 2.05) is 30.6 Å². The van der Waals surface area contributed by atoms with Gasteiger partial charge in [0.1, 0.15) is 11.2 Å². The largest absolute Gasteiger partial charge is 0.455 e. The molecule has 0 aliphatic rings. The molecule has 0 spiro atoms. The molecule has 363 valence electrons. The molecule has 0 bridgehead atoms. The van der Waals surface area contributed by atoms with Gasteiger partial charge in [0, 0.05) is 66.2 Å². The normalized spacial score (nSPS) is 11.8. The van der Waals surface area contributed by atoms with Gasteiger partial charge in [-0.2, -0.15) is 0 Å². The molecule has 9 aromatic rings. The zero-order valence-corrected chi connectivity index (χ0v) is 47.3. The molecule has 70 heavy (non-hydrogen) atoms. The number of nitrogens with zero attached hydrogens (tertiary/aromatic N) is 3. The fourth-order valence-corrected chi connectivity index (χ4v) is 10.5. The van der Waals surface area contributed by atoms with Gasteiger partial charge in [0.05, 0.1) is 25.2 Å². The van der Waals surface area contributed by atoms with Crippen molar-refractivity contribution < 1.29 is 24.5 Å². The van der Waals surface area contributed by atoms with Crippen LogP contribution in [0.5, 0.6) is 0 Å². The second-order valence-corrected chi connectivity index (χ2v) is 28.4. The van der Waals surface area contributed by atoms with Crippen LogP contribution in [0.2, 0.25) is 19.6 Å². The fraction of sp³-hybridized carbons (Fsp3) is 0.297. The number of rotatable bonds is 8. The summed E-state index contributed by atoms with van der Waals surface area (Å²) in [4.78, 5) is 13.9. The Morgan fingerprint density at radius 1 is 0.457 bits per heavy atom. The predicted molar refractivity (Wildman–Crippen MR) is 299 cm³/mol. The summed E-state index contributed by atoms with van der Waals surface area (Å²) >= 11 is 0. The number of hydrogen-bond donors (Lipinski definition) is 0. The number of para-hydroxylation sites is 1. The quantitative estimate of drug-likeness (QED) is 0.142. The third kappa shape index (κ3) is 14.9. The molecule has 4 heterocycles. The van der Waals surface area contributed by atoms with E-state index in [1.54, 1.807) is 0 Å². The maximum absolute atomic E-state index is 6.42. The van der Waals surface area contributed by atoms with E-state index >= 15 is 0 Å². The maximum Gasteiger partial charge on any atom is 0.144 e. The number of furan rings is 1. The van der Waals surface area contributed by atoms with Gasteiger partial charge in [0.15, 0.2) is 0 Å². The van der Waals surface area contributed by atoms with Gasteiger partial charge in [-0.15, -0.1) is 0 Å².